The van der Waals surface area contributed by atoms with E-state index in [4.69, 9.17) is 58.0 Å². The summed E-state index contributed by atoms with van der Waals surface area (Å²) in [7, 11) is 0. The molecule has 0 atom stereocenters. The Hall–Kier alpha value is -0.510. The first-order valence-electron chi connectivity index (χ1n) is 4.75. The van der Waals surface area contributed by atoms with Crippen molar-refractivity contribution in [2.24, 2.45) is 0 Å². The summed E-state index contributed by atoms with van der Waals surface area (Å²) < 4.78 is 0.0895. The quantitative estimate of drug-likeness (QED) is 0.634. The van der Waals surface area contributed by atoms with Crippen molar-refractivity contribution in [1.82, 2.24) is 0 Å². The van der Waals surface area contributed by atoms with E-state index >= 15 is 0 Å². The second kappa shape index (κ2) is 7.32. The molecule has 1 aliphatic rings. The molecule has 0 saturated heterocycles. The van der Waals surface area contributed by atoms with Crippen molar-refractivity contribution in [3.05, 3.63) is 55.5 Å². The summed E-state index contributed by atoms with van der Waals surface area (Å²) in [6.45, 7) is 0. The van der Waals surface area contributed by atoms with Gasteiger partial charge in [0.2, 0.25) is 11.6 Å². The number of rotatable bonds is 0. The number of carbonyl (C=O) groups excluding carboxylic acids is 2. The van der Waals surface area contributed by atoms with Crippen molar-refractivity contribution < 1.29 is 9.59 Å². The molecule has 7 heteroatoms. The van der Waals surface area contributed by atoms with Crippen LogP contribution in [0.5, 0.6) is 0 Å². The molecule has 100 valence electrons. The van der Waals surface area contributed by atoms with Crippen LogP contribution < -0.4 is 0 Å². The van der Waals surface area contributed by atoms with Gasteiger partial charge in [0.15, 0.2) is 0 Å². The fraction of sp³-hybridized carbons (Fsp3) is 0. The molecule has 0 aromatic heterocycles. The molecule has 0 amide bonds. The molecule has 0 bridgehead atoms. The highest BCUT2D eigenvalue weighted by molar-refractivity contribution is 6.59. The predicted molar refractivity (Wildman–Crippen MR) is 79.5 cm³/mol. The molecular formula is C12H5Cl5O2. The van der Waals surface area contributed by atoms with Gasteiger partial charge in [-0.05, 0) is 0 Å². The third-order valence-corrected chi connectivity index (χ3v) is 3.57. The SMILES string of the molecule is ClC=C(Cl)Cl.O=C1C(Cl)=C(Cl)C(=O)c2ccccc21. The lowest BCUT2D eigenvalue weighted by molar-refractivity contribution is 0.0987. The number of fused-ring (bicyclic) bond motifs is 1. The maximum Gasteiger partial charge on any atom is 0.206 e. The number of allylic oxidation sites excluding steroid dienone is 2. The minimum atomic E-state index is -0.396. The van der Waals surface area contributed by atoms with E-state index in [1.807, 2.05) is 0 Å². The molecule has 0 unspecified atom stereocenters. The van der Waals surface area contributed by atoms with Crippen LogP contribution >= 0.6 is 58.0 Å². The minimum Gasteiger partial charge on any atom is -0.288 e. The van der Waals surface area contributed by atoms with E-state index in [9.17, 15) is 9.59 Å². The van der Waals surface area contributed by atoms with Gasteiger partial charge < -0.3 is 0 Å². The normalized spacial score (nSPS) is 13.5. The summed E-state index contributed by atoms with van der Waals surface area (Å²) in [6.07, 6.45) is 0. The molecule has 0 N–H and O–H groups in total. The Balaban J connectivity index is 0.000000312. The van der Waals surface area contributed by atoms with Gasteiger partial charge in [0.05, 0.1) is 0 Å². The lowest BCUT2D eigenvalue weighted by Crippen LogP contribution is -2.17. The monoisotopic (exact) mass is 356 g/mol. The van der Waals surface area contributed by atoms with Gasteiger partial charge >= 0.3 is 0 Å². The van der Waals surface area contributed by atoms with E-state index in [1.54, 1.807) is 24.3 Å². The average molecular weight is 358 g/mol. The Bertz CT molecular complexity index is 543. The summed E-state index contributed by atoms with van der Waals surface area (Å²) >= 11 is 26.1. The number of Topliss-reactive ketones (excluding diaryl/α,β-unsaturated/α-hetero) is 2. The zero-order valence-electron chi connectivity index (χ0n) is 9.09. The van der Waals surface area contributed by atoms with Crippen LogP contribution in [0.15, 0.2) is 44.4 Å². The van der Waals surface area contributed by atoms with Crippen LogP contribution in [0, 0.1) is 0 Å². The third kappa shape index (κ3) is 3.98. The summed E-state index contributed by atoms with van der Waals surface area (Å²) in [5.41, 5.74) is 1.71. The van der Waals surface area contributed by atoms with E-state index in [1.165, 1.54) is 0 Å². The maximum absolute atomic E-state index is 11.5. The zero-order valence-corrected chi connectivity index (χ0v) is 12.9. The Morgan fingerprint density at radius 3 is 1.47 bits per heavy atom. The van der Waals surface area contributed by atoms with Gasteiger partial charge in [-0.25, -0.2) is 0 Å². The van der Waals surface area contributed by atoms with Gasteiger partial charge in [0.1, 0.15) is 14.6 Å². The Morgan fingerprint density at radius 2 is 1.21 bits per heavy atom. The number of carbonyl (C=O) groups is 2. The van der Waals surface area contributed by atoms with E-state index < -0.39 is 11.6 Å². The van der Waals surface area contributed by atoms with Crippen molar-refractivity contribution in [3.8, 4) is 0 Å². The molecule has 0 radical (unpaired) electrons. The average Bonchev–Trinajstić information content (AvgIpc) is 2.43. The van der Waals surface area contributed by atoms with Crippen molar-refractivity contribution in [3.63, 3.8) is 0 Å². The topological polar surface area (TPSA) is 34.1 Å². The first-order valence-corrected chi connectivity index (χ1v) is 6.70. The largest absolute Gasteiger partial charge is 0.288 e. The van der Waals surface area contributed by atoms with Crippen LogP contribution in [0.4, 0.5) is 0 Å². The third-order valence-electron chi connectivity index (χ3n) is 2.09. The molecule has 0 fully saturated rings. The second-order valence-electron chi connectivity index (χ2n) is 3.23. The van der Waals surface area contributed by atoms with Gasteiger partial charge in [0.25, 0.3) is 0 Å². The molecule has 19 heavy (non-hydrogen) atoms. The molecule has 0 heterocycles. The minimum absolute atomic E-state index is 0.0895. The van der Waals surface area contributed by atoms with Crippen LogP contribution in [0.25, 0.3) is 0 Å². The van der Waals surface area contributed by atoms with Crippen LogP contribution in [0.2, 0.25) is 0 Å². The van der Waals surface area contributed by atoms with Gasteiger partial charge in [-0.2, -0.15) is 0 Å². The van der Waals surface area contributed by atoms with E-state index in [0.29, 0.717) is 11.1 Å². The van der Waals surface area contributed by atoms with Crippen LogP contribution in [0.1, 0.15) is 20.7 Å². The lowest BCUT2D eigenvalue weighted by Gasteiger charge is -2.12. The van der Waals surface area contributed by atoms with Crippen LogP contribution in [0.3, 0.4) is 0 Å². The first kappa shape index (κ1) is 16.5. The summed E-state index contributed by atoms with van der Waals surface area (Å²) in [5, 5.41) is -0.397. The maximum atomic E-state index is 11.5. The molecule has 1 aromatic carbocycles. The number of halogens is 5. The summed E-state index contributed by atoms with van der Waals surface area (Å²) in [6, 6.07) is 6.46. The number of hydrogen-bond acceptors (Lipinski definition) is 2. The predicted octanol–water partition coefficient (Wildman–Crippen LogP) is 5.26. The highest BCUT2D eigenvalue weighted by Gasteiger charge is 2.29. The van der Waals surface area contributed by atoms with E-state index in [-0.39, 0.29) is 14.6 Å². The Morgan fingerprint density at radius 1 is 0.895 bits per heavy atom. The van der Waals surface area contributed by atoms with E-state index in [0.717, 1.165) is 5.54 Å². The fourth-order valence-electron chi connectivity index (χ4n) is 1.31. The number of hydrogen-bond donors (Lipinski definition) is 0. The summed E-state index contributed by atoms with van der Waals surface area (Å²) in [4.78, 5) is 23.1. The summed E-state index contributed by atoms with van der Waals surface area (Å²) in [5.74, 6) is -0.793. The molecule has 0 saturated carbocycles. The fourth-order valence-corrected chi connectivity index (χ4v) is 1.69. The van der Waals surface area contributed by atoms with Gasteiger partial charge in [-0.1, -0.05) is 82.3 Å². The molecule has 2 nitrogen and oxygen atoms in total. The molecule has 2 rings (SSSR count). The first-order chi connectivity index (χ1) is 8.90. The Kier molecular flexibility index (Phi) is 6.37. The second-order valence-corrected chi connectivity index (χ2v) is 5.21. The van der Waals surface area contributed by atoms with Gasteiger partial charge in [-0.3, -0.25) is 9.59 Å². The van der Waals surface area contributed by atoms with Crippen molar-refractivity contribution in [1.29, 1.82) is 0 Å². The van der Waals surface area contributed by atoms with Gasteiger partial charge in [0, 0.05) is 16.7 Å². The number of benzene rings is 1. The molecule has 1 aliphatic carbocycles. The standard InChI is InChI=1S/C10H4Cl2O2.C2HCl3/c11-7-8(12)10(14)6-4-2-1-3-5(6)9(7)13;3-1-2(4)5/h1-4H;1H. The molecular weight excluding hydrogens is 353 g/mol. The molecule has 0 aliphatic heterocycles. The number of ketones is 2. The van der Waals surface area contributed by atoms with Crippen molar-refractivity contribution in [2.45, 2.75) is 0 Å². The molecule has 0 spiro atoms. The smallest absolute Gasteiger partial charge is 0.206 e. The highest BCUT2D eigenvalue weighted by Crippen LogP contribution is 2.30. The highest BCUT2D eigenvalue weighted by atomic mass is 35.5. The lowest BCUT2D eigenvalue weighted by atomic mass is 9.95. The van der Waals surface area contributed by atoms with Crippen molar-refractivity contribution in [2.75, 3.05) is 0 Å². The van der Waals surface area contributed by atoms with Crippen molar-refractivity contribution >= 4 is 69.6 Å². The van der Waals surface area contributed by atoms with Crippen LogP contribution in [-0.2, 0) is 0 Å². The zero-order chi connectivity index (χ0) is 14.6. The molecule has 1 aromatic rings. The van der Waals surface area contributed by atoms with Gasteiger partial charge in [-0.15, -0.1) is 0 Å². The van der Waals surface area contributed by atoms with E-state index in [2.05, 4.69) is 0 Å². The Labute approximate surface area is 134 Å². The van der Waals surface area contributed by atoms with Crippen LogP contribution in [-0.4, -0.2) is 11.6 Å².